The molecule has 0 aromatic heterocycles. The molecule has 3 nitrogen and oxygen atoms in total. The van der Waals surface area contributed by atoms with Crippen molar-refractivity contribution < 1.29 is 13.2 Å². The molecule has 1 aliphatic rings. The fourth-order valence-corrected chi connectivity index (χ4v) is 5.17. The Bertz CT molecular complexity index is 912. The lowest BCUT2D eigenvalue weighted by Gasteiger charge is -2.12. The number of rotatable bonds is 7. The third kappa shape index (κ3) is 6.15. The summed E-state index contributed by atoms with van der Waals surface area (Å²) in [6, 6.07) is 15.6. The van der Waals surface area contributed by atoms with Crippen LogP contribution < -0.4 is 4.74 Å². The molecule has 0 heterocycles. The Morgan fingerprint density at radius 3 is 2.07 bits per heavy atom. The second kappa shape index (κ2) is 8.63. The molecule has 1 saturated carbocycles. The molecule has 3 rings (SSSR count). The molecule has 0 saturated heterocycles. The lowest BCUT2D eigenvalue weighted by molar-refractivity contribution is 0.340. The zero-order valence-corrected chi connectivity index (χ0v) is 16.8. The molecule has 27 heavy (non-hydrogen) atoms. The largest absolute Gasteiger partial charge is 0.494 e. The van der Waals surface area contributed by atoms with Crippen LogP contribution in [-0.4, -0.2) is 26.5 Å². The Morgan fingerprint density at radius 2 is 1.56 bits per heavy atom. The van der Waals surface area contributed by atoms with E-state index in [0.717, 1.165) is 35.3 Å². The molecular weight excluding hydrogens is 356 g/mol. The minimum absolute atomic E-state index is 0.00173. The summed E-state index contributed by atoms with van der Waals surface area (Å²) in [6.45, 7) is 4.59. The van der Waals surface area contributed by atoms with Crippen molar-refractivity contribution in [2.45, 2.75) is 32.6 Å². The van der Waals surface area contributed by atoms with Crippen molar-refractivity contribution in [2.75, 3.05) is 18.1 Å². The van der Waals surface area contributed by atoms with Gasteiger partial charge in [0.05, 0.1) is 18.1 Å². The average molecular weight is 383 g/mol. The highest BCUT2D eigenvalue weighted by Gasteiger charge is 2.29. The van der Waals surface area contributed by atoms with Crippen LogP contribution in [0, 0.1) is 17.8 Å². The van der Waals surface area contributed by atoms with E-state index < -0.39 is 9.84 Å². The van der Waals surface area contributed by atoms with Gasteiger partial charge in [0.1, 0.15) is 5.75 Å². The summed E-state index contributed by atoms with van der Waals surface area (Å²) < 4.78 is 29.9. The van der Waals surface area contributed by atoms with Crippen molar-refractivity contribution in [3.63, 3.8) is 0 Å². The van der Waals surface area contributed by atoms with Crippen LogP contribution in [-0.2, 0) is 9.84 Å². The van der Waals surface area contributed by atoms with E-state index in [-0.39, 0.29) is 11.7 Å². The van der Waals surface area contributed by atoms with Gasteiger partial charge in [0.25, 0.3) is 0 Å². The minimum atomic E-state index is -2.97. The second-order valence-electron chi connectivity index (χ2n) is 7.25. The highest BCUT2D eigenvalue weighted by atomic mass is 32.2. The lowest BCUT2D eigenvalue weighted by Crippen LogP contribution is -2.17. The van der Waals surface area contributed by atoms with Gasteiger partial charge < -0.3 is 4.74 Å². The monoisotopic (exact) mass is 382 g/mol. The topological polar surface area (TPSA) is 43.4 Å². The number of ether oxygens (including phenoxy) is 1. The van der Waals surface area contributed by atoms with Crippen LogP contribution in [0.1, 0.15) is 49.3 Å². The second-order valence-corrected chi connectivity index (χ2v) is 9.40. The fraction of sp³-hybridized carbons (Fsp3) is 0.391. The van der Waals surface area contributed by atoms with Gasteiger partial charge in [0.15, 0.2) is 9.84 Å². The Balaban J connectivity index is 1.61. The molecule has 1 unspecified atom stereocenters. The van der Waals surface area contributed by atoms with E-state index in [4.69, 9.17) is 4.74 Å². The Labute approximate surface area is 162 Å². The van der Waals surface area contributed by atoms with Gasteiger partial charge in [-0.2, -0.15) is 0 Å². The molecule has 2 aromatic carbocycles. The van der Waals surface area contributed by atoms with Crippen molar-refractivity contribution in [3.05, 3.63) is 65.2 Å². The van der Waals surface area contributed by atoms with E-state index in [1.54, 1.807) is 0 Å². The predicted octanol–water partition coefficient (Wildman–Crippen LogP) is 4.41. The third-order valence-electron chi connectivity index (χ3n) is 4.69. The SMILES string of the molecule is CCOc1ccc(C#Cc2ccc(C(C)CS(=O)(=O)CC3CC3)cc2)cc1. The van der Waals surface area contributed by atoms with Gasteiger partial charge in [-0.05, 0) is 73.6 Å². The van der Waals surface area contributed by atoms with Gasteiger partial charge in [-0.3, -0.25) is 0 Å². The van der Waals surface area contributed by atoms with Gasteiger partial charge in [-0.25, -0.2) is 8.42 Å². The van der Waals surface area contributed by atoms with E-state index in [0.29, 0.717) is 18.3 Å². The maximum absolute atomic E-state index is 12.2. The molecule has 1 fully saturated rings. The first kappa shape index (κ1) is 19.5. The Morgan fingerprint density at radius 1 is 1.00 bits per heavy atom. The molecule has 1 atom stereocenters. The molecule has 2 aromatic rings. The van der Waals surface area contributed by atoms with Crippen LogP contribution in [0.5, 0.6) is 5.75 Å². The quantitative estimate of drug-likeness (QED) is 0.666. The first-order valence-electron chi connectivity index (χ1n) is 9.50. The zero-order valence-electron chi connectivity index (χ0n) is 15.9. The molecule has 142 valence electrons. The predicted molar refractivity (Wildman–Crippen MR) is 110 cm³/mol. The van der Waals surface area contributed by atoms with Crippen LogP contribution in [0.25, 0.3) is 0 Å². The molecule has 0 amide bonds. The van der Waals surface area contributed by atoms with E-state index in [1.165, 1.54) is 0 Å². The summed E-state index contributed by atoms with van der Waals surface area (Å²) in [4.78, 5) is 0. The van der Waals surface area contributed by atoms with Crippen molar-refractivity contribution in [1.82, 2.24) is 0 Å². The normalized spacial score (nSPS) is 14.9. The highest BCUT2D eigenvalue weighted by molar-refractivity contribution is 7.91. The van der Waals surface area contributed by atoms with Crippen molar-refractivity contribution in [2.24, 2.45) is 5.92 Å². The molecule has 0 aliphatic heterocycles. The molecule has 0 bridgehead atoms. The minimum Gasteiger partial charge on any atom is -0.494 e. The first-order valence-corrected chi connectivity index (χ1v) is 11.3. The summed E-state index contributed by atoms with van der Waals surface area (Å²) in [7, 11) is -2.97. The van der Waals surface area contributed by atoms with E-state index in [1.807, 2.05) is 62.4 Å². The molecule has 0 spiro atoms. The van der Waals surface area contributed by atoms with Crippen molar-refractivity contribution >= 4 is 9.84 Å². The molecule has 1 aliphatic carbocycles. The number of benzene rings is 2. The van der Waals surface area contributed by atoms with Gasteiger partial charge in [-0.1, -0.05) is 30.9 Å². The first-order chi connectivity index (χ1) is 12.9. The highest BCUT2D eigenvalue weighted by Crippen LogP contribution is 2.31. The number of hydrogen-bond donors (Lipinski definition) is 0. The number of hydrogen-bond acceptors (Lipinski definition) is 3. The average Bonchev–Trinajstić information content (AvgIpc) is 3.44. The molecular formula is C23H26O3S. The van der Waals surface area contributed by atoms with Crippen LogP contribution in [0.4, 0.5) is 0 Å². The van der Waals surface area contributed by atoms with Gasteiger partial charge in [0.2, 0.25) is 0 Å². The van der Waals surface area contributed by atoms with Crippen molar-refractivity contribution in [3.8, 4) is 17.6 Å². The van der Waals surface area contributed by atoms with Gasteiger partial charge >= 0.3 is 0 Å². The van der Waals surface area contributed by atoms with E-state index in [9.17, 15) is 8.42 Å². The Hall–Kier alpha value is -2.25. The van der Waals surface area contributed by atoms with Crippen LogP contribution in [0.3, 0.4) is 0 Å². The zero-order chi connectivity index (χ0) is 19.3. The Kier molecular flexibility index (Phi) is 6.23. The maximum atomic E-state index is 12.2. The summed E-state index contributed by atoms with van der Waals surface area (Å²) >= 11 is 0. The van der Waals surface area contributed by atoms with E-state index in [2.05, 4.69) is 11.8 Å². The smallest absolute Gasteiger partial charge is 0.151 e. The van der Waals surface area contributed by atoms with Crippen LogP contribution >= 0.6 is 0 Å². The maximum Gasteiger partial charge on any atom is 0.151 e. The summed E-state index contributed by atoms with van der Waals surface area (Å²) in [5.41, 5.74) is 2.89. The molecule has 0 radical (unpaired) electrons. The molecule has 0 N–H and O–H groups in total. The fourth-order valence-electron chi connectivity index (χ4n) is 3.03. The standard InChI is InChI=1S/C23H26O3S/c1-3-26-23-14-10-20(11-15-23)5-4-19-8-12-22(13-9-19)18(2)16-27(24,25)17-21-6-7-21/h8-15,18,21H,3,6-7,16-17H2,1-2H3. The summed E-state index contributed by atoms with van der Waals surface area (Å²) in [6.07, 6.45) is 2.13. The van der Waals surface area contributed by atoms with Crippen molar-refractivity contribution in [1.29, 1.82) is 0 Å². The summed E-state index contributed by atoms with van der Waals surface area (Å²) in [5, 5.41) is 0. The van der Waals surface area contributed by atoms with E-state index >= 15 is 0 Å². The molecule has 4 heteroatoms. The lowest BCUT2D eigenvalue weighted by atomic mass is 10.0. The summed E-state index contributed by atoms with van der Waals surface area (Å²) in [5.74, 6) is 8.12. The van der Waals surface area contributed by atoms with Gasteiger partial charge in [0, 0.05) is 11.1 Å². The van der Waals surface area contributed by atoms with Crippen LogP contribution in [0.2, 0.25) is 0 Å². The number of sulfone groups is 1. The van der Waals surface area contributed by atoms with Gasteiger partial charge in [-0.15, -0.1) is 0 Å². The third-order valence-corrected chi connectivity index (χ3v) is 6.67. The van der Waals surface area contributed by atoms with Crippen LogP contribution in [0.15, 0.2) is 48.5 Å².